The van der Waals surface area contributed by atoms with E-state index in [-0.39, 0.29) is 17.7 Å². The highest BCUT2D eigenvalue weighted by Gasteiger charge is 2.46. The van der Waals surface area contributed by atoms with E-state index >= 15 is 0 Å². The molecule has 2 aliphatic rings. The van der Waals surface area contributed by atoms with Crippen LogP contribution in [-0.4, -0.2) is 42.9 Å². The van der Waals surface area contributed by atoms with Crippen LogP contribution in [0.5, 0.6) is 0 Å². The number of hydrogen-bond acceptors (Lipinski definition) is 3. The van der Waals surface area contributed by atoms with Gasteiger partial charge in [-0.1, -0.05) is 36.6 Å². The van der Waals surface area contributed by atoms with Crippen LogP contribution >= 0.6 is 11.6 Å². The molecule has 1 aliphatic carbocycles. The van der Waals surface area contributed by atoms with Crippen molar-refractivity contribution in [2.24, 2.45) is 11.7 Å². The lowest BCUT2D eigenvalue weighted by atomic mass is 9.77. The quantitative estimate of drug-likeness (QED) is 0.827. The summed E-state index contributed by atoms with van der Waals surface area (Å²) in [5.74, 6) is 0.0295. The molecule has 1 unspecified atom stereocenters. The van der Waals surface area contributed by atoms with Gasteiger partial charge in [0.05, 0.1) is 11.3 Å². The molecule has 6 heteroatoms. The topological polar surface area (TPSA) is 75.4 Å². The first-order chi connectivity index (χ1) is 12.6. The number of hydrogen-bond donors (Lipinski definition) is 2. The van der Waals surface area contributed by atoms with E-state index < -0.39 is 5.41 Å². The van der Waals surface area contributed by atoms with Crippen LogP contribution in [0.25, 0.3) is 0 Å². The molecule has 1 aromatic rings. The molecule has 2 amide bonds. The molecule has 1 atom stereocenters. The van der Waals surface area contributed by atoms with Gasteiger partial charge < -0.3 is 16.0 Å². The molecule has 3 rings (SSSR count). The molecule has 5 nitrogen and oxygen atoms in total. The van der Waals surface area contributed by atoms with E-state index in [2.05, 4.69) is 5.32 Å². The Labute approximate surface area is 160 Å². The zero-order valence-electron chi connectivity index (χ0n) is 15.2. The van der Waals surface area contributed by atoms with Gasteiger partial charge in [0, 0.05) is 31.2 Å². The fraction of sp³-hybridized carbons (Fsp3) is 0.600. The summed E-state index contributed by atoms with van der Waals surface area (Å²) >= 11 is 6.20. The lowest BCUT2D eigenvalue weighted by molar-refractivity contribution is -0.141. The third-order valence-electron chi connectivity index (χ3n) is 5.77. The minimum absolute atomic E-state index is 0.0103. The summed E-state index contributed by atoms with van der Waals surface area (Å²) in [6.07, 6.45) is 5.49. The molecular formula is C20H28ClN3O2. The number of benzene rings is 1. The van der Waals surface area contributed by atoms with Crippen molar-refractivity contribution >= 4 is 23.4 Å². The molecule has 0 radical (unpaired) electrons. The number of nitrogens with zero attached hydrogens (tertiary/aromatic N) is 1. The maximum atomic E-state index is 13.5. The number of nitrogens with one attached hydrogen (secondary N) is 1. The van der Waals surface area contributed by atoms with Crippen molar-refractivity contribution in [3.8, 4) is 0 Å². The number of likely N-dealkylation sites (tertiary alicyclic amines) is 1. The molecule has 1 aromatic carbocycles. The fourth-order valence-electron chi connectivity index (χ4n) is 4.41. The van der Waals surface area contributed by atoms with Crippen LogP contribution in [0.2, 0.25) is 5.02 Å². The average Bonchev–Trinajstić information content (AvgIpc) is 3.16. The van der Waals surface area contributed by atoms with Crippen LogP contribution < -0.4 is 11.1 Å². The minimum Gasteiger partial charge on any atom is -0.355 e. The van der Waals surface area contributed by atoms with Gasteiger partial charge in [0.15, 0.2) is 0 Å². The van der Waals surface area contributed by atoms with Gasteiger partial charge in [-0.25, -0.2) is 0 Å². The maximum absolute atomic E-state index is 13.5. The van der Waals surface area contributed by atoms with Crippen LogP contribution in [0.1, 0.15) is 44.1 Å². The lowest BCUT2D eigenvalue weighted by Gasteiger charge is -2.39. The summed E-state index contributed by atoms with van der Waals surface area (Å²) in [4.78, 5) is 27.8. The third kappa shape index (κ3) is 3.89. The predicted octanol–water partition coefficient (Wildman–Crippen LogP) is 2.47. The summed E-state index contributed by atoms with van der Waals surface area (Å²) in [6.45, 7) is 2.13. The van der Waals surface area contributed by atoms with Crippen molar-refractivity contribution in [3.63, 3.8) is 0 Å². The van der Waals surface area contributed by atoms with E-state index in [9.17, 15) is 9.59 Å². The van der Waals surface area contributed by atoms with Crippen molar-refractivity contribution in [1.82, 2.24) is 10.2 Å². The Morgan fingerprint density at radius 2 is 2.04 bits per heavy atom. The molecule has 0 aromatic heterocycles. The monoisotopic (exact) mass is 377 g/mol. The van der Waals surface area contributed by atoms with Gasteiger partial charge in [-0.15, -0.1) is 0 Å². The van der Waals surface area contributed by atoms with Crippen molar-refractivity contribution in [2.75, 3.05) is 26.2 Å². The molecule has 1 saturated heterocycles. The highest BCUT2D eigenvalue weighted by atomic mass is 35.5. The predicted molar refractivity (Wildman–Crippen MR) is 103 cm³/mol. The Morgan fingerprint density at radius 3 is 2.73 bits per heavy atom. The van der Waals surface area contributed by atoms with E-state index in [1.54, 1.807) is 0 Å². The smallest absolute Gasteiger partial charge is 0.233 e. The lowest BCUT2D eigenvalue weighted by Crippen LogP contribution is -2.51. The van der Waals surface area contributed by atoms with Gasteiger partial charge in [0.2, 0.25) is 11.8 Å². The Hall–Kier alpha value is -1.59. The summed E-state index contributed by atoms with van der Waals surface area (Å²) < 4.78 is 0. The van der Waals surface area contributed by atoms with Gasteiger partial charge in [-0.2, -0.15) is 0 Å². The standard InChI is InChI=1S/C20H28ClN3O2/c21-17-7-3-6-16(13-17)20(8-1-2-9-20)19(26)24-12-4-5-15(14-24)18(25)23-11-10-22/h3,6-7,13,15H,1-2,4-5,8-12,14,22H2,(H,23,25). The number of carbonyl (C=O) groups excluding carboxylic acids is 2. The van der Waals surface area contributed by atoms with Gasteiger partial charge in [-0.3, -0.25) is 9.59 Å². The molecule has 0 spiro atoms. The Morgan fingerprint density at radius 1 is 1.27 bits per heavy atom. The van der Waals surface area contributed by atoms with Crippen LogP contribution in [0, 0.1) is 5.92 Å². The molecule has 1 saturated carbocycles. The normalized spacial score (nSPS) is 22.2. The van der Waals surface area contributed by atoms with Crippen molar-refractivity contribution in [3.05, 3.63) is 34.9 Å². The zero-order chi connectivity index (χ0) is 18.6. The molecule has 0 bridgehead atoms. The summed E-state index contributed by atoms with van der Waals surface area (Å²) in [5.41, 5.74) is 6.00. The number of amides is 2. The van der Waals surface area contributed by atoms with Gasteiger partial charge in [0.1, 0.15) is 0 Å². The fourth-order valence-corrected chi connectivity index (χ4v) is 4.60. The SMILES string of the molecule is NCCNC(=O)C1CCCN(C(=O)C2(c3cccc(Cl)c3)CCCC2)C1. The Bertz CT molecular complexity index is 658. The minimum atomic E-state index is -0.486. The van der Waals surface area contributed by atoms with Crippen molar-refractivity contribution in [2.45, 2.75) is 43.9 Å². The van der Waals surface area contributed by atoms with Gasteiger partial charge >= 0.3 is 0 Å². The molecular weight excluding hydrogens is 350 g/mol. The molecule has 1 heterocycles. The van der Waals surface area contributed by atoms with Crippen LogP contribution in [0.15, 0.2) is 24.3 Å². The highest BCUT2D eigenvalue weighted by Crippen LogP contribution is 2.43. The first-order valence-electron chi connectivity index (χ1n) is 9.60. The van der Waals surface area contributed by atoms with E-state index in [0.717, 1.165) is 50.6 Å². The van der Waals surface area contributed by atoms with Crippen molar-refractivity contribution < 1.29 is 9.59 Å². The van der Waals surface area contributed by atoms with Crippen LogP contribution in [0.4, 0.5) is 0 Å². The van der Waals surface area contributed by atoms with Crippen LogP contribution in [0.3, 0.4) is 0 Å². The largest absolute Gasteiger partial charge is 0.355 e. The summed E-state index contributed by atoms with van der Waals surface area (Å²) in [7, 11) is 0. The second kappa shape index (κ2) is 8.40. The van der Waals surface area contributed by atoms with E-state index in [0.29, 0.717) is 24.7 Å². The molecule has 3 N–H and O–H groups in total. The summed E-state index contributed by atoms with van der Waals surface area (Å²) in [6, 6.07) is 7.71. The van der Waals surface area contributed by atoms with E-state index in [1.807, 2.05) is 29.2 Å². The van der Waals surface area contributed by atoms with Gasteiger partial charge in [0.25, 0.3) is 0 Å². The molecule has 2 fully saturated rings. The molecule has 26 heavy (non-hydrogen) atoms. The van der Waals surface area contributed by atoms with Crippen LogP contribution in [-0.2, 0) is 15.0 Å². The zero-order valence-corrected chi connectivity index (χ0v) is 15.9. The Balaban J connectivity index is 1.78. The third-order valence-corrected chi connectivity index (χ3v) is 6.00. The average molecular weight is 378 g/mol. The number of carbonyl (C=O) groups is 2. The van der Waals surface area contributed by atoms with Gasteiger partial charge in [-0.05, 0) is 43.4 Å². The first-order valence-corrected chi connectivity index (χ1v) is 9.98. The van der Waals surface area contributed by atoms with E-state index in [4.69, 9.17) is 17.3 Å². The van der Waals surface area contributed by atoms with Crippen molar-refractivity contribution in [1.29, 1.82) is 0 Å². The molecule has 1 aliphatic heterocycles. The Kier molecular flexibility index (Phi) is 6.20. The number of piperidine rings is 1. The number of rotatable bonds is 5. The number of halogens is 1. The second-order valence-electron chi connectivity index (χ2n) is 7.47. The number of nitrogens with two attached hydrogens (primary N) is 1. The first kappa shape index (κ1) is 19.2. The van der Waals surface area contributed by atoms with E-state index in [1.165, 1.54) is 0 Å². The summed E-state index contributed by atoms with van der Waals surface area (Å²) in [5, 5.41) is 3.53. The second-order valence-corrected chi connectivity index (χ2v) is 7.91. The maximum Gasteiger partial charge on any atom is 0.233 e. The highest BCUT2D eigenvalue weighted by molar-refractivity contribution is 6.30. The molecule has 142 valence electrons.